The number of hydrogen-bond acceptors (Lipinski definition) is 3. The number of halogens is 1. The average Bonchev–Trinajstić information content (AvgIpc) is 2.37. The van der Waals surface area contributed by atoms with Crippen LogP contribution in [0.4, 0.5) is 11.4 Å². The summed E-state index contributed by atoms with van der Waals surface area (Å²) < 4.78 is 1.19. The molecular weight excluding hydrogens is 302 g/mol. The summed E-state index contributed by atoms with van der Waals surface area (Å²) in [7, 11) is 0. The van der Waals surface area contributed by atoms with Gasteiger partial charge in [-0.3, -0.25) is 0 Å². The molecule has 0 radical (unpaired) electrons. The third kappa shape index (κ3) is 2.25. The van der Waals surface area contributed by atoms with Crippen LogP contribution in [-0.2, 0) is 0 Å². The van der Waals surface area contributed by atoms with Crippen molar-refractivity contribution >= 4 is 27.3 Å². The van der Waals surface area contributed by atoms with Crippen LogP contribution in [-0.4, -0.2) is 38.3 Å². The molecule has 2 heterocycles. The van der Waals surface area contributed by atoms with E-state index in [1.807, 2.05) is 0 Å². The van der Waals surface area contributed by atoms with Gasteiger partial charge in [-0.25, -0.2) is 0 Å². The average molecular weight is 324 g/mol. The Bertz CT molecular complexity index is 487. The first-order valence-corrected chi connectivity index (χ1v) is 7.91. The number of anilines is 2. The Kier molecular flexibility index (Phi) is 3.48. The molecule has 4 heteroatoms. The van der Waals surface area contributed by atoms with E-state index in [0.717, 1.165) is 26.2 Å². The lowest BCUT2D eigenvalue weighted by atomic mass is 10.0. The molecule has 2 aliphatic rings. The Hall–Kier alpha value is -0.740. The minimum atomic E-state index is 0.544. The Morgan fingerprint density at radius 3 is 2.89 bits per heavy atom. The second-order valence-electron chi connectivity index (χ2n) is 5.89. The number of aryl methyl sites for hydroxylation is 1. The summed E-state index contributed by atoms with van der Waals surface area (Å²) in [5.41, 5.74) is 4.20. The molecule has 0 spiro atoms. The van der Waals surface area contributed by atoms with Crippen LogP contribution in [0.25, 0.3) is 0 Å². The summed E-state index contributed by atoms with van der Waals surface area (Å²) in [6, 6.07) is 5.66. The largest absolute Gasteiger partial charge is 0.365 e. The number of benzene rings is 1. The molecular formula is C15H22BrN3. The molecule has 1 atom stereocenters. The van der Waals surface area contributed by atoms with Gasteiger partial charge in [0.15, 0.2) is 0 Å². The molecule has 0 amide bonds. The molecule has 104 valence electrons. The van der Waals surface area contributed by atoms with Crippen molar-refractivity contribution in [2.75, 3.05) is 36.0 Å². The SMILES string of the molecule is Cc1cc(Br)cc2c1N(C(C)C)CC1CNCCN21. The summed E-state index contributed by atoms with van der Waals surface area (Å²) >= 11 is 3.65. The zero-order valence-corrected chi connectivity index (χ0v) is 13.5. The molecule has 0 aromatic heterocycles. The van der Waals surface area contributed by atoms with Crippen molar-refractivity contribution in [3.05, 3.63) is 22.2 Å². The molecule has 0 aliphatic carbocycles. The van der Waals surface area contributed by atoms with Gasteiger partial charge in [0.25, 0.3) is 0 Å². The molecule has 1 fully saturated rings. The summed E-state index contributed by atoms with van der Waals surface area (Å²) in [6.45, 7) is 11.2. The maximum atomic E-state index is 3.65. The highest BCUT2D eigenvalue weighted by Crippen LogP contribution is 2.41. The topological polar surface area (TPSA) is 18.5 Å². The lowest BCUT2D eigenvalue weighted by Crippen LogP contribution is -2.60. The van der Waals surface area contributed by atoms with Crippen molar-refractivity contribution in [3.63, 3.8) is 0 Å². The Morgan fingerprint density at radius 2 is 2.16 bits per heavy atom. The van der Waals surface area contributed by atoms with Crippen molar-refractivity contribution in [2.45, 2.75) is 32.9 Å². The second-order valence-corrected chi connectivity index (χ2v) is 6.80. The summed E-state index contributed by atoms with van der Waals surface area (Å²) in [5, 5.41) is 3.52. The van der Waals surface area contributed by atoms with Gasteiger partial charge in [-0.05, 0) is 38.5 Å². The summed E-state index contributed by atoms with van der Waals surface area (Å²) in [6.07, 6.45) is 0. The van der Waals surface area contributed by atoms with Gasteiger partial charge in [-0.1, -0.05) is 15.9 Å². The van der Waals surface area contributed by atoms with Crippen molar-refractivity contribution in [2.24, 2.45) is 0 Å². The lowest BCUT2D eigenvalue weighted by Gasteiger charge is -2.49. The van der Waals surface area contributed by atoms with Gasteiger partial charge in [0.2, 0.25) is 0 Å². The molecule has 1 unspecified atom stereocenters. The van der Waals surface area contributed by atoms with Crippen LogP contribution in [0.15, 0.2) is 16.6 Å². The van der Waals surface area contributed by atoms with Crippen LogP contribution in [0, 0.1) is 6.92 Å². The predicted molar refractivity (Wildman–Crippen MR) is 85.4 cm³/mol. The van der Waals surface area contributed by atoms with E-state index < -0.39 is 0 Å². The van der Waals surface area contributed by atoms with Crippen molar-refractivity contribution in [3.8, 4) is 0 Å². The number of nitrogens with one attached hydrogen (secondary N) is 1. The van der Waals surface area contributed by atoms with E-state index in [-0.39, 0.29) is 0 Å². The Morgan fingerprint density at radius 1 is 1.37 bits per heavy atom. The molecule has 3 rings (SSSR count). The molecule has 1 N–H and O–H groups in total. The highest BCUT2D eigenvalue weighted by Gasteiger charge is 2.34. The van der Waals surface area contributed by atoms with E-state index in [2.05, 4.69) is 64.0 Å². The van der Waals surface area contributed by atoms with E-state index in [4.69, 9.17) is 0 Å². The minimum absolute atomic E-state index is 0.544. The first-order chi connectivity index (χ1) is 9.08. The van der Waals surface area contributed by atoms with Gasteiger partial charge < -0.3 is 15.1 Å². The van der Waals surface area contributed by atoms with Crippen molar-refractivity contribution in [1.82, 2.24) is 5.32 Å². The molecule has 1 aromatic carbocycles. The van der Waals surface area contributed by atoms with E-state index in [0.29, 0.717) is 12.1 Å². The number of rotatable bonds is 1. The smallest absolute Gasteiger partial charge is 0.0637 e. The molecule has 0 saturated carbocycles. The van der Waals surface area contributed by atoms with E-state index in [1.165, 1.54) is 21.4 Å². The van der Waals surface area contributed by atoms with Crippen LogP contribution in [0.3, 0.4) is 0 Å². The van der Waals surface area contributed by atoms with E-state index in [9.17, 15) is 0 Å². The van der Waals surface area contributed by atoms with Crippen LogP contribution in [0.5, 0.6) is 0 Å². The quantitative estimate of drug-likeness (QED) is 0.857. The monoisotopic (exact) mass is 323 g/mol. The second kappa shape index (κ2) is 4.98. The number of nitrogens with zero attached hydrogens (tertiary/aromatic N) is 2. The molecule has 19 heavy (non-hydrogen) atoms. The number of fused-ring (bicyclic) bond motifs is 3. The standard InChI is InChI=1S/C15H22BrN3/c1-10(2)19-9-13-8-17-4-5-18(13)14-7-12(16)6-11(3)15(14)19/h6-7,10,13,17H,4-5,8-9H2,1-3H3. The normalized spacial score (nSPS) is 22.5. The maximum absolute atomic E-state index is 3.65. The van der Waals surface area contributed by atoms with Crippen molar-refractivity contribution in [1.29, 1.82) is 0 Å². The Balaban J connectivity index is 2.12. The van der Waals surface area contributed by atoms with E-state index >= 15 is 0 Å². The number of hydrogen-bond donors (Lipinski definition) is 1. The van der Waals surface area contributed by atoms with Gasteiger partial charge >= 0.3 is 0 Å². The molecule has 1 saturated heterocycles. The minimum Gasteiger partial charge on any atom is -0.365 e. The van der Waals surface area contributed by atoms with Gasteiger partial charge in [-0.2, -0.15) is 0 Å². The van der Waals surface area contributed by atoms with Crippen LogP contribution < -0.4 is 15.1 Å². The highest BCUT2D eigenvalue weighted by atomic mass is 79.9. The van der Waals surface area contributed by atoms with Gasteiger partial charge in [0, 0.05) is 36.7 Å². The highest BCUT2D eigenvalue weighted by molar-refractivity contribution is 9.10. The van der Waals surface area contributed by atoms with Crippen LogP contribution in [0.1, 0.15) is 19.4 Å². The van der Waals surface area contributed by atoms with Crippen LogP contribution in [0.2, 0.25) is 0 Å². The third-order valence-electron chi connectivity index (χ3n) is 4.22. The zero-order valence-electron chi connectivity index (χ0n) is 11.9. The molecule has 1 aromatic rings. The summed E-state index contributed by atoms with van der Waals surface area (Å²) in [5.74, 6) is 0. The first-order valence-electron chi connectivity index (χ1n) is 7.12. The summed E-state index contributed by atoms with van der Waals surface area (Å²) in [4.78, 5) is 5.15. The molecule has 0 bridgehead atoms. The fourth-order valence-corrected chi connectivity index (χ4v) is 3.90. The lowest BCUT2D eigenvalue weighted by molar-refractivity contribution is 0.448. The fourth-order valence-electron chi connectivity index (χ4n) is 3.34. The Labute approximate surface area is 124 Å². The molecule has 2 aliphatic heterocycles. The zero-order chi connectivity index (χ0) is 13.6. The van der Waals surface area contributed by atoms with Gasteiger partial charge in [0.1, 0.15) is 0 Å². The first kappa shape index (κ1) is 13.3. The third-order valence-corrected chi connectivity index (χ3v) is 4.68. The van der Waals surface area contributed by atoms with Crippen LogP contribution >= 0.6 is 15.9 Å². The van der Waals surface area contributed by atoms with Gasteiger partial charge in [-0.15, -0.1) is 0 Å². The molecule has 3 nitrogen and oxygen atoms in total. The van der Waals surface area contributed by atoms with Gasteiger partial charge in [0.05, 0.1) is 17.4 Å². The number of piperazine rings is 1. The van der Waals surface area contributed by atoms with Crippen molar-refractivity contribution < 1.29 is 0 Å². The predicted octanol–water partition coefficient (Wildman–Crippen LogP) is 2.76. The fraction of sp³-hybridized carbons (Fsp3) is 0.600. The maximum Gasteiger partial charge on any atom is 0.0637 e. The van der Waals surface area contributed by atoms with E-state index in [1.54, 1.807) is 0 Å².